The molecule has 3 rings (SSSR count). The van der Waals surface area contributed by atoms with Gasteiger partial charge in [-0.25, -0.2) is 4.98 Å². The lowest BCUT2D eigenvalue weighted by Crippen LogP contribution is -2.05. The highest BCUT2D eigenvalue weighted by Crippen LogP contribution is 2.21. The molecule has 0 aliphatic heterocycles. The Morgan fingerprint density at radius 2 is 2.14 bits per heavy atom. The van der Waals surface area contributed by atoms with Crippen molar-refractivity contribution in [2.75, 3.05) is 5.73 Å². The number of nitrogen functional groups attached to an aromatic ring is 1. The second-order valence-electron chi connectivity index (χ2n) is 4.94. The summed E-state index contributed by atoms with van der Waals surface area (Å²) in [6, 6.07) is 9.15. The van der Waals surface area contributed by atoms with E-state index in [0.717, 1.165) is 23.9 Å². The van der Waals surface area contributed by atoms with Gasteiger partial charge in [-0.1, -0.05) is 25.1 Å². The number of hydrogen-bond donors (Lipinski definition) is 1. The average Bonchev–Trinajstić information content (AvgIpc) is 2.95. The zero-order valence-corrected chi connectivity index (χ0v) is 11.8. The van der Waals surface area contributed by atoms with E-state index in [1.54, 1.807) is 23.1 Å². The summed E-state index contributed by atoms with van der Waals surface area (Å²) in [6.07, 6.45) is 4.29. The molecular formula is C16H16N4O. The van der Waals surface area contributed by atoms with E-state index in [4.69, 9.17) is 5.73 Å². The first-order valence-corrected chi connectivity index (χ1v) is 6.91. The molecule has 0 aliphatic carbocycles. The lowest BCUT2D eigenvalue weighted by molar-refractivity contribution is 0.103. The van der Waals surface area contributed by atoms with E-state index >= 15 is 0 Å². The Morgan fingerprint density at radius 1 is 1.33 bits per heavy atom. The topological polar surface area (TPSA) is 73.8 Å². The van der Waals surface area contributed by atoms with E-state index < -0.39 is 0 Å². The predicted octanol–water partition coefficient (Wildman–Crippen LogP) is 2.65. The number of hydrogen-bond acceptors (Lipinski definition) is 4. The van der Waals surface area contributed by atoms with Crippen LogP contribution in [0.1, 0.15) is 29.4 Å². The van der Waals surface area contributed by atoms with Crippen LogP contribution >= 0.6 is 0 Å². The predicted molar refractivity (Wildman–Crippen MR) is 82.1 cm³/mol. The summed E-state index contributed by atoms with van der Waals surface area (Å²) in [5.74, 6) is -0.158. The highest BCUT2D eigenvalue weighted by molar-refractivity contribution is 6.09. The van der Waals surface area contributed by atoms with Crippen LogP contribution in [0.5, 0.6) is 0 Å². The van der Waals surface area contributed by atoms with Gasteiger partial charge in [0.15, 0.2) is 0 Å². The fraction of sp³-hybridized carbons (Fsp3) is 0.188. The van der Waals surface area contributed by atoms with Crippen molar-refractivity contribution in [3.63, 3.8) is 0 Å². The summed E-state index contributed by atoms with van der Waals surface area (Å²) >= 11 is 0. The largest absolute Gasteiger partial charge is 0.398 e. The Kier molecular flexibility index (Phi) is 3.39. The number of anilines is 1. The van der Waals surface area contributed by atoms with Crippen molar-refractivity contribution in [2.24, 2.45) is 0 Å². The van der Waals surface area contributed by atoms with Crippen LogP contribution < -0.4 is 5.73 Å². The second kappa shape index (κ2) is 5.36. The van der Waals surface area contributed by atoms with Gasteiger partial charge in [0.1, 0.15) is 5.69 Å². The maximum absolute atomic E-state index is 12.5. The van der Waals surface area contributed by atoms with E-state index in [9.17, 15) is 4.79 Å². The van der Waals surface area contributed by atoms with Gasteiger partial charge >= 0.3 is 0 Å². The fourth-order valence-corrected chi connectivity index (χ4v) is 2.30. The van der Waals surface area contributed by atoms with Crippen LogP contribution in [0, 0.1) is 0 Å². The molecule has 0 amide bonds. The van der Waals surface area contributed by atoms with Crippen LogP contribution in [0.25, 0.3) is 10.9 Å². The van der Waals surface area contributed by atoms with Gasteiger partial charge in [0.05, 0.1) is 17.3 Å². The molecule has 0 radical (unpaired) electrons. The molecule has 3 aromatic rings. The molecule has 0 unspecified atom stereocenters. The molecule has 0 saturated carbocycles. The van der Waals surface area contributed by atoms with Gasteiger partial charge in [-0.2, -0.15) is 5.10 Å². The zero-order chi connectivity index (χ0) is 14.8. The summed E-state index contributed by atoms with van der Waals surface area (Å²) in [5.41, 5.74) is 8.18. The van der Waals surface area contributed by atoms with Crippen molar-refractivity contribution in [1.82, 2.24) is 14.8 Å². The SMILES string of the molecule is CCCn1cc(C(=O)c2cc(N)c3ccccc3n2)cn1. The fourth-order valence-electron chi connectivity index (χ4n) is 2.30. The Bertz CT molecular complexity index is 807. The van der Waals surface area contributed by atoms with E-state index in [2.05, 4.69) is 17.0 Å². The van der Waals surface area contributed by atoms with E-state index in [1.165, 1.54) is 0 Å². The molecule has 106 valence electrons. The molecule has 5 heteroatoms. The summed E-state index contributed by atoms with van der Waals surface area (Å²) in [6.45, 7) is 2.86. The molecule has 0 spiro atoms. The van der Waals surface area contributed by atoms with Gasteiger partial charge in [-0.15, -0.1) is 0 Å². The molecule has 2 heterocycles. The van der Waals surface area contributed by atoms with E-state index in [-0.39, 0.29) is 5.78 Å². The average molecular weight is 280 g/mol. The summed E-state index contributed by atoms with van der Waals surface area (Å²) in [7, 11) is 0. The molecule has 0 aliphatic rings. The number of ketones is 1. The molecular weight excluding hydrogens is 264 g/mol. The normalized spacial score (nSPS) is 10.9. The highest BCUT2D eigenvalue weighted by atomic mass is 16.1. The third-order valence-electron chi connectivity index (χ3n) is 3.33. The number of aryl methyl sites for hydroxylation is 1. The number of nitrogens with zero attached hydrogens (tertiary/aromatic N) is 3. The first-order valence-electron chi connectivity index (χ1n) is 6.91. The molecule has 5 nitrogen and oxygen atoms in total. The van der Waals surface area contributed by atoms with Gasteiger partial charge in [0.2, 0.25) is 5.78 Å². The summed E-state index contributed by atoms with van der Waals surface area (Å²) in [4.78, 5) is 16.9. The van der Waals surface area contributed by atoms with Crippen LogP contribution in [0.2, 0.25) is 0 Å². The number of aromatic nitrogens is 3. The zero-order valence-electron chi connectivity index (χ0n) is 11.8. The quantitative estimate of drug-likeness (QED) is 0.746. The van der Waals surface area contributed by atoms with Crippen molar-refractivity contribution in [2.45, 2.75) is 19.9 Å². The molecule has 0 saturated heterocycles. The number of rotatable bonds is 4. The molecule has 1 aromatic carbocycles. The van der Waals surface area contributed by atoms with Gasteiger partial charge in [-0.05, 0) is 18.6 Å². The summed E-state index contributed by atoms with van der Waals surface area (Å²) < 4.78 is 1.76. The Balaban J connectivity index is 2.00. The second-order valence-corrected chi connectivity index (χ2v) is 4.94. The third kappa shape index (κ3) is 2.50. The van der Waals surface area contributed by atoms with Crippen molar-refractivity contribution in [3.8, 4) is 0 Å². The minimum Gasteiger partial charge on any atom is -0.398 e. The number of carbonyl (C=O) groups excluding carboxylic acids is 1. The molecule has 0 fully saturated rings. The van der Waals surface area contributed by atoms with Crippen molar-refractivity contribution < 1.29 is 4.79 Å². The first kappa shape index (κ1) is 13.3. The van der Waals surface area contributed by atoms with Crippen LogP contribution in [-0.2, 0) is 6.54 Å². The molecule has 0 bridgehead atoms. The lowest BCUT2D eigenvalue weighted by Gasteiger charge is -2.04. The standard InChI is InChI=1S/C16H16N4O/c1-2-7-20-10-11(9-18-20)16(21)15-8-13(17)12-5-3-4-6-14(12)19-15/h3-6,8-10H,2,7H2,1H3,(H2,17,19). The van der Waals surface area contributed by atoms with Crippen molar-refractivity contribution >= 4 is 22.4 Å². The van der Waals surface area contributed by atoms with Crippen LogP contribution in [0.15, 0.2) is 42.7 Å². The molecule has 0 atom stereocenters. The Morgan fingerprint density at radius 3 is 2.95 bits per heavy atom. The number of para-hydroxylation sites is 1. The van der Waals surface area contributed by atoms with Gasteiger partial charge in [0.25, 0.3) is 0 Å². The number of benzene rings is 1. The van der Waals surface area contributed by atoms with Crippen molar-refractivity contribution in [1.29, 1.82) is 0 Å². The smallest absolute Gasteiger partial charge is 0.214 e. The van der Waals surface area contributed by atoms with Crippen LogP contribution in [0.4, 0.5) is 5.69 Å². The Labute approximate surface area is 122 Å². The number of carbonyl (C=O) groups is 1. The van der Waals surface area contributed by atoms with Crippen LogP contribution in [0.3, 0.4) is 0 Å². The maximum atomic E-state index is 12.5. The Hall–Kier alpha value is -2.69. The monoisotopic (exact) mass is 280 g/mol. The van der Waals surface area contributed by atoms with Gasteiger partial charge in [-0.3, -0.25) is 9.48 Å². The number of nitrogens with two attached hydrogens (primary N) is 1. The van der Waals surface area contributed by atoms with Crippen molar-refractivity contribution in [3.05, 3.63) is 54.0 Å². The van der Waals surface area contributed by atoms with Crippen LogP contribution in [-0.4, -0.2) is 20.5 Å². The minimum absolute atomic E-state index is 0.158. The number of pyridine rings is 1. The highest BCUT2D eigenvalue weighted by Gasteiger charge is 2.15. The maximum Gasteiger partial charge on any atom is 0.214 e. The third-order valence-corrected chi connectivity index (χ3v) is 3.33. The number of fused-ring (bicyclic) bond motifs is 1. The molecule has 2 aromatic heterocycles. The molecule has 21 heavy (non-hydrogen) atoms. The van der Waals surface area contributed by atoms with Gasteiger partial charge < -0.3 is 5.73 Å². The summed E-state index contributed by atoms with van der Waals surface area (Å²) in [5, 5.41) is 5.03. The van der Waals surface area contributed by atoms with E-state index in [1.807, 2.05) is 24.3 Å². The van der Waals surface area contributed by atoms with E-state index in [0.29, 0.717) is 16.9 Å². The lowest BCUT2D eigenvalue weighted by atomic mass is 10.1. The molecule has 2 N–H and O–H groups in total. The minimum atomic E-state index is -0.158. The van der Waals surface area contributed by atoms with Gasteiger partial charge in [0, 0.05) is 23.8 Å². The first-order chi connectivity index (χ1) is 10.2.